The van der Waals surface area contributed by atoms with Crippen molar-refractivity contribution in [2.24, 2.45) is 23.7 Å². The normalized spacial score (nSPS) is 30.8. The SMILES string of the molecule is O=C(CN1C(=O)[C@@H]2[C@@H]3CC[C@@H](C3)[C@@H]2C1=O)Nc1cc(Cl)ccc1Cl. The summed E-state index contributed by atoms with van der Waals surface area (Å²) in [6.07, 6.45) is 3.01. The van der Waals surface area contributed by atoms with E-state index in [-0.39, 0.29) is 30.2 Å². The number of fused-ring (bicyclic) bond motifs is 5. The summed E-state index contributed by atoms with van der Waals surface area (Å²) < 4.78 is 0. The monoisotopic (exact) mass is 366 g/mol. The Morgan fingerprint density at radius 3 is 2.38 bits per heavy atom. The molecule has 1 heterocycles. The molecule has 1 N–H and O–H groups in total. The molecule has 126 valence electrons. The first kappa shape index (κ1) is 15.9. The number of nitrogens with zero attached hydrogens (tertiary/aromatic N) is 1. The van der Waals surface area contributed by atoms with Gasteiger partial charge in [0.1, 0.15) is 6.54 Å². The van der Waals surface area contributed by atoms with E-state index in [2.05, 4.69) is 5.32 Å². The summed E-state index contributed by atoms with van der Waals surface area (Å²) in [7, 11) is 0. The Kier molecular flexibility index (Phi) is 3.81. The van der Waals surface area contributed by atoms with Gasteiger partial charge in [-0.15, -0.1) is 0 Å². The Balaban J connectivity index is 1.47. The van der Waals surface area contributed by atoms with Gasteiger partial charge in [-0.2, -0.15) is 0 Å². The predicted molar refractivity (Wildman–Crippen MR) is 89.6 cm³/mol. The number of carbonyl (C=O) groups is 3. The first-order chi connectivity index (χ1) is 11.5. The highest BCUT2D eigenvalue weighted by molar-refractivity contribution is 6.35. The third-order valence-corrected chi connectivity index (χ3v) is 6.09. The van der Waals surface area contributed by atoms with Crippen molar-refractivity contribution in [1.82, 2.24) is 4.90 Å². The summed E-state index contributed by atoms with van der Waals surface area (Å²) in [5.74, 6) is -0.626. The van der Waals surface area contributed by atoms with Crippen LogP contribution < -0.4 is 5.32 Å². The Labute approximate surface area is 149 Å². The van der Waals surface area contributed by atoms with E-state index in [0.29, 0.717) is 27.6 Å². The van der Waals surface area contributed by atoms with Crippen molar-refractivity contribution in [3.63, 3.8) is 0 Å². The molecule has 0 unspecified atom stereocenters. The molecule has 7 heteroatoms. The van der Waals surface area contributed by atoms with Crippen LogP contribution in [-0.4, -0.2) is 29.2 Å². The van der Waals surface area contributed by atoms with E-state index in [1.54, 1.807) is 12.1 Å². The van der Waals surface area contributed by atoms with Gasteiger partial charge in [-0.3, -0.25) is 19.3 Å². The molecule has 1 saturated heterocycles. The van der Waals surface area contributed by atoms with E-state index in [4.69, 9.17) is 23.2 Å². The molecule has 3 amide bonds. The molecule has 3 aliphatic rings. The zero-order chi connectivity index (χ0) is 17.0. The van der Waals surface area contributed by atoms with Crippen LogP contribution in [0.1, 0.15) is 19.3 Å². The number of rotatable bonds is 3. The van der Waals surface area contributed by atoms with Crippen LogP contribution in [0.15, 0.2) is 18.2 Å². The van der Waals surface area contributed by atoms with Gasteiger partial charge < -0.3 is 5.32 Å². The summed E-state index contributed by atoms with van der Waals surface area (Å²) >= 11 is 11.9. The highest BCUT2D eigenvalue weighted by Crippen LogP contribution is 2.56. The maximum Gasteiger partial charge on any atom is 0.244 e. The van der Waals surface area contributed by atoms with Gasteiger partial charge in [-0.25, -0.2) is 0 Å². The molecule has 1 aromatic carbocycles. The minimum Gasteiger partial charge on any atom is -0.323 e. The molecular weight excluding hydrogens is 351 g/mol. The van der Waals surface area contributed by atoms with Gasteiger partial charge >= 0.3 is 0 Å². The largest absolute Gasteiger partial charge is 0.323 e. The molecule has 1 aliphatic heterocycles. The molecule has 4 atom stereocenters. The molecular formula is C17H16Cl2N2O3. The lowest BCUT2D eigenvalue weighted by Crippen LogP contribution is -2.39. The van der Waals surface area contributed by atoms with Gasteiger partial charge in [0.15, 0.2) is 0 Å². The molecule has 3 fully saturated rings. The van der Waals surface area contributed by atoms with E-state index >= 15 is 0 Å². The van der Waals surface area contributed by atoms with Crippen LogP contribution in [0.25, 0.3) is 0 Å². The smallest absolute Gasteiger partial charge is 0.244 e. The number of hydrogen-bond donors (Lipinski definition) is 1. The number of nitrogens with one attached hydrogen (secondary N) is 1. The molecule has 0 aromatic heterocycles. The molecule has 0 spiro atoms. The van der Waals surface area contributed by atoms with Gasteiger partial charge in [0, 0.05) is 5.02 Å². The van der Waals surface area contributed by atoms with Crippen molar-refractivity contribution in [1.29, 1.82) is 0 Å². The van der Waals surface area contributed by atoms with Crippen LogP contribution in [0.4, 0.5) is 5.69 Å². The molecule has 24 heavy (non-hydrogen) atoms. The summed E-state index contributed by atoms with van der Waals surface area (Å²) in [4.78, 5) is 38.5. The molecule has 2 aliphatic carbocycles. The number of anilines is 1. The molecule has 5 nitrogen and oxygen atoms in total. The van der Waals surface area contributed by atoms with Crippen LogP contribution >= 0.6 is 23.2 Å². The van der Waals surface area contributed by atoms with Crippen LogP contribution in [-0.2, 0) is 14.4 Å². The van der Waals surface area contributed by atoms with Crippen LogP contribution in [0.3, 0.4) is 0 Å². The van der Waals surface area contributed by atoms with E-state index in [0.717, 1.165) is 24.2 Å². The van der Waals surface area contributed by atoms with Gasteiger partial charge in [0.2, 0.25) is 17.7 Å². The first-order valence-corrected chi connectivity index (χ1v) is 8.81. The first-order valence-electron chi connectivity index (χ1n) is 8.06. The van der Waals surface area contributed by atoms with Crippen LogP contribution in [0.5, 0.6) is 0 Å². The zero-order valence-corrected chi connectivity index (χ0v) is 14.3. The van der Waals surface area contributed by atoms with E-state index in [1.165, 1.54) is 6.07 Å². The fourth-order valence-corrected chi connectivity index (χ4v) is 4.89. The molecule has 2 saturated carbocycles. The Morgan fingerprint density at radius 1 is 1.12 bits per heavy atom. The van der Waals surface area contributed by atoms with E-state index in [9.17, 15) is 14.4 Å². The topological polar surface area (TPSA) is 66.5 Å². The fourth-order valence-electron chi connectivity index (χ4n) is 4.55. The molecule has 2 bridgehead atoms. The number of imide groups is 1. The van der Waals surface area contributed by atoms with Gasteiger partial charge in [0.05, 0.1) is 22.5 Å². The molecule has 0 radical (unpaired) electrons. The Hall–Kier alpha value is -1.59. The predicted octanol–water partition coefficient (Wildman–Crippen LogP) is 2.96. The van der Waals surface area contributed by atoms with Crippen molar-refractivity contribution in [3.8, 4) is 0 Å². The minimum atomic E-state index is -0.451. The number of likely N-dealkylation sites (tertiary alicyclic amines) is 1. The number of carbonyl (C=O) groups excluding carboxylic acids is 3. The highest BCUT2D eigenvalue weighted by atomic mass is 35.5. The lowest BCUT2D eigenvalue weighted by Gasteiger charge is -2.19. The maximum atomic E-state index is 12.6. The number of amides is 3. The Morgan fingerprint density at radius 2 is 1.75 bits per heavy atom. The third-order valence-electron chi connectivity index (χ3n) is 5.52. The summed E-state index contributed by atoms with van der Waals surface area (Å²) in [6, 6.07) is 4.72. The summed E-state index contributed by atoms with van der Waals surface area (Å²) in [6.45, 7) is -0.271. The second-order valence-electron chi connectivity index (χ2n) is 6.82. The lowest BCUT2D eigenvalue weighted by molar-refractivity contribution is -0.143. The van der Waals surface area contributed by atoms with E-state index in [1.807, 2.05) is 0 Å². The average Bonchev–Trinajstić information content (AvgIpc) is 3.21. The van der Waals surface area contributed by atoms with Crippen LogP contribution in [0, 0.1) is 23.7 Å². The average molecular weight is 367 g/mol. The third kappa shape index (κ3) is 2.42. The Bertz CT molecular complexity index is 723. The van der Waals surface area contributed by atoms with Crippen molar-refractivity contribution in [2.45, 2.75) is 19.3 Å². The van der Waals surface area contributed by atoms with E-state index < -0.39 is 5.91 Å². The summed E-state index contributed by atoms with van der Waals surface area (Å²) in [5.41, 5.74) is 0.369. The zero-order valence-electron chi connectivity index (χ0n) is 12.8. The van der Waals surface area contributed by atoms with Gasteiger partial charge in [-0.1, -0.05) is 23.2 Å². The highest BCUT2D eigenvalue weighted by Gasteiger charge is 2.60. The number of benzene rings is 1. The maximum absolute atomic E-state index is 12.6. The minimum absolute atomic E-state index is 0.190. The van der Waals surface area contributed by atoms with Crippen molar-refractivity contribution in [2.75, 3.05) is 11.9 Å². The van der Waals surface area contributed by atoms with Crippen LogP contribution in [0.2, 0.25) is 10.0 Å². The second kappa shape index (κ2) is 5.74. The standard InChI is InChI=1S/C17H16Cl2N2O3/c18-10-3-4-11(19)12(6-10)20-13(22)7-21-16(23)14-8-1-2-9(5-8)15(14)17(21)24/h3-4,6,8-9,14-15H,1-2,5,7H2,(H,20,22)/t8-,9+,14-,15+. The van der Waals surface area contributed by atoms with Crippen molar-refractivity contribution in [3.05, 3.63) is 28.2 Å². The molecule has 4 rings (SSSR count). The lowest BCUT2D eigenvalue weighted by atomic mass is 9.81. The van der Waals surface area contributed by atoms with Gasteiger partial charge in [0.25, 0.3) is 0 Å². The van der Waals surface area contributed by atoms with Gasteiger partial charge in [-0.05, 0) is 49.3 Å². The number of halogens is 2. The number of hydrogen-bond acceptors (Lipinski definition) is 3. The second-order valence-corrected chi connectivity index (χ2v) is 7.66. The molecule has 1 aromatic rings. The van der Waals surface area contributed by atoms with Crippen molar-refractivity contribution < 1.29 is 14.4 Å². The fraction of sp³-hybridized carbons (Fsp3) is 0.471. The van der Waals surface area contributed by atoms with Crippen molar-refractivity contribution >= 4 is 46.6 Å². The quantitative estimate of drug-likeness (QED) is 0.836. The summed E-state index contributed by atoms with van der Waals surface area (Å²) in [5, 5.41) is 3.41.